The van der Waals surface area contributed by atoms with Crippen molar-refractivity contribution in [2.75, 3.05) is 0 Å². The maximum Gasteiger partial charge on any atom is 0.161 e. The molecule has 104 valence electrons. The number of nitrogens with zero attached hydrogens (tertiary/aromatic N) is 2. The summed E-state index contributed by atoms with van der Waals surface area (Å²) in [7, 11) is 0. The van der Waals surface area contributed by atoms with E-state index in [-0.39, 0.29) is 0 Å². The van der Waals surface area contributed by atoms with Gasteiger partial charge in [-0.15, -0.1) is 0 Å². The van der Waals surface area contributed by atoms with E-state index in [4.69, 9.17) is 4.42 Å². The Morgan fingerprint density at radius 1 is 0.773 bits per heavy atom. The maximum atomic E-state index is 6.12. The van der Waals surface area contributed by atoms with Crippen LogP contribution in [0.25, 0.3) is 38.8 Å². The molecule has 0 aliphatic rings. The van der Waals surface area contributed by atoms with Crippen LogP contribution in [-0.4, -0.2) is 9.55 Å². The van der Waals surface area contributed by atoms with Gasteiger partial charge in [-0.25, -0.2) is 4.98 Å². The highest BCUT2D eigenvalue weighted by atomic mass is 16.3. The molecule has 0 radical (unpaired) electrons. The van der Waals surface area contributed by atoms with Crippen molar-refractivity contribution >= 4 is 33.0 Å². The van der Waals surface area contributed by atoms with E-state index in [9.17, 15) is 0 Å². The molecule has 3 heteroatoms. The van der Waals surface area contributed by atoms with Crippen LogP contribution in [0.3, 0.4) is 0 Å². The lowest BCUT2D eigenvalue weighted by Crippen LogP contribution is -1.95. The van der Waals surface area contributed by atoms with Gasteiger partial charge in [0, 0.05) is 17.0 Å². The van der Waals surface area contributed by atoms with E-state index in [1.165, 1.54) is 0 Å². The van der Waals surface area contributed by atoms with Crippen LogP contribution in [0.5, 0.6) is 0 Å². The van der Waals surface area contributed by atoms with Crippen molar-refractivity contribution in [1.29, 1.82) is 0 Å². The molecule has 0 aliphatic heterocycles. The molecule has 0 spiro atoms. The van der Waals surface area contributed by atoms with Crippen LogP contribution in [0, 0.1) is 0 Å². The van der Waals surface area contributed by atoms with Gasteiger partial charge in [-0.3, -0.25) is 4.57 Å². The van der Waals surface area contributed by atoms with E-state index < -0.39 is 0 Å². The Hall–Kier alpha value is -3.07. The van der Waals surface area contributed by atoms with E-state index in [0.717, 1.165) is 38.8 Å². The molecule has 0 unspecified atom stereocenters. The average Bonchev–Trinajstić information content (AvgIpc) is 3.10. The molecule has 0 fully saturated rings. The van der Waals surface area contributed by atoms with Crippen molar-refractivity contribution in [2.24, 2.45) is 0 Å². The number of para-hydroxylation sites is 2. The quantitative estimate of drug-likeness (QED) is 0.437. The summed E-state index contributed by atoms with van der Waals surface area (Å²) in [4.78, 5) is 4.53. The van der Waals surface area contributed by atoms with Gasteiger partial charge >= 0.3 is 0 Å². The summed E-state index contributed by atoms with van der Waals surface area (Å²) in [5.74, 6) is 0.903. The molecule has 22 heavy (non-hydrogen) atoms. The van der Waals surface area contributed by atoms with Crippen LogP contribution in [0.2, 0.25) is 0 Å². The number of pyridine rings is 1. The highest BCUT2D eigenvalue weighted by molar-refractivity contribution is 6.16. The molecule has 3 nitrogen and oxygen atoms in total. The third-order valence-corrected chi connectivity index (χ3v) is 4.06. The minimum absolute atomic E-state index is 0.903. The lowest BCUT2D eigenvalue weighted by Gasteiger charge is -2.05. The molecule has 0 amide bonds. The van der Waals surface area contributed by atoms with Gasteiger partial charge in [0.15, 0.2) is 5.58 Å². The maximum absolute atomic E-state index is 6.12. The van der Waals surface area contributed by atoms with Crippen molar-refractivity contribution in [3.8, 4) is 5.82 Å². The smallest absolute Gasteiger partial charge is 0.161 e. The Balaban J connectivity index is 2.08. The van der Waals surface area contributed by atoms with Gasteiger partial charge in [-0.1, -0.05) is 30.3 Å². The minimum atomic E-state index is 0.903. The molecule has 3 heterocycles. The Morgan fingerprint density at radius 3 is 2.41 bits per heavy atom. The zero-order chi connectivity index (χ0) is 14.5. The van der Waals surface area contributed by atoms with Crippen molar-refractivity contribution in [1.82, 2.24) is 9.55 Å². The first kappa shape index (κ1) is 11.6. The van der Waals surface area contributed by atoms with Gasteiger partial charge in [-0.2, -0.15) is 0 Å². The number of hydrogen-bond donors (Lipinski definition) is 0. The van der Waals surface area contributed by atoms with Crippen LogP contribution >= 0.6 is 0 Å². The Kier molecular flexibility index (Phi) is 2.22. The van der Waals surface area contributed by atoms with Crippen molar-refractivity contribution in [3.63, 3.8) is 0 Å². The van der Waals surface area contributed by atoms with Gasteiger partial charge in [0.2, 0.25) is 0 Å². The lowest BCUT2D eigenvalue weighted by molar-refractivity contribution is 0.672. The van der Waals surface area contributed by atoms with Crippen LogP contribution in [0.1, 0.15) is 0 Å². The molecule has 0 saturated carbocycles. The first-order chi connectivity index (χ1) is 10.9. The third-order valence-electron chi connectivity index (χ3n) is 4.06. The fourth-order valence-corrected chi connectivity index (χ4v) is 3.14. The first-order valence-corrected chi connectivity index (χ1v) is 7.25. The van der Waals surface area contributed by atoms with Crippen LogP contribution in [-0.2, 0) is 0 Å². The van der Waals surface area contributed by atoms with Crippen molar-refractivity contribution < 1.29 is 4.42 Å². The van der Waals surface area contributed by atoms with Gasteiger partial charge < -0.3 is 4.42 Å². The van der Waals surface area contributed by atoms with E-state index in [2.05, 4.69) is 27.8 Å². The molecule has 5 aromatic rings. The number of hydrogen-bond acceptors (Lipinski definition) is 2. The normalized spacial score (nSPS) is 11.6. The lowest BCUT2D eigenvalue weighted by atomic mass is 10.2. The summed E-state index contributed by atoms with van der Waals surface area (Å²) < 4.78 is 8.30. The Bertz CT molecular complexity index is 1110. The molecular formula is C19H12N2O. The number of rotatable bonds is 1. The van der Waals surface area contributed by atoms with E-state index in [1.54, 1.807) is 0 Å². The summed E-state index contributed by atoms with van der Waals surface area (Å²) in [5, 5.41) is 2.22. The summed E-state index contributed by atoms with van der Waals surface area (Å²) in [6.07, 6.45) is 1.82. The van der Waals surface area contributed by atoms with Crippen molar-refractivity contribution in [3.05, 3.63) is 72.9 Å². The fourth-order valence-electron chi connectivity index (χ4n) is 3.14. The monoisotopic (exact) mass is 284 g/mol. The van der Waals surface area contributed by atoms with Gasteiger partial charge in [-0.05, 0) is 36.4 Å². The topological polar surface area (TPSA) is 31.0 Å². The largest absolute Gasteiger partial charge is 0.454 e. The highest BCUT2D eigenvalue weighted by Gasteiger charge is 2.18. The standard InChI is InChI=1S/C19H12N2O/c1-3-9-15-13(7-1)19-18(14-8-2-4-10-16(14)22-19)21(15)17-11-5-6-12-20-17/h1-12H. The zero-order valence-electron chi connectivity index (χ0n) is 11.7. The van der Waals surface area contributed by atoms with Crippen LogP contribution in [0.4, 0.5) is 0 Å². The molecule has 5 rings (SSSR count). The molecular weight excluding hydrogens is 272 g/mol. The summed E-state index contributed by atoms with van der Waals surface area (Å²) >= 11 is 0. The number of furan rings is 1. The molecule has 0 N–H and O–H groups in total. The third kappa shape index (κ3) is 1.42. The van der Waals surface area contributed by atoms with Gasteiger partial charge in [0.25, 0.3) is 0 Å². The van der Waals surface area contributed by atoms with Crippen LogP contribution in [0.15, 0.2) is 77.3 Å². The zero-order valence-corrected chi connectivity index (χ0v) is 11.7. The summed E-state index contributed by atoms with van der Waals surface area (Å²) in [6.45, 7) is 0. The van der Waals surface area contributed by atoms with E-state index in [1.807, 2.05) is 54.7 Å². The molecule has 0 bridgehead atoms. The molecule has 0 saturated heterocycles. The second kappa shape index (κ2) is 4.21. The predicted molar refractivity (Wildman–Crippen MR) is 88.3 cm³/mol. The number of aromatic nitrogens is 2. The molecule has 3 aromatic heterocycles. The van der Waals surface area contributed by atoms with Crippen molar-refractivity contribution in [2.45, 2.75) is 0 Å². The molecule has 0 atom stereocenters. The highest BCUT2D eigenvalue weighted by Crippen LogP contribution is 2.37. The van der Waals surface area contributed by atoms with Gasteiger partial charge in [0.1, 0.15) is 16.9 Å². The Morgan fingerprint density at radius 2 is 1.55 bits per heavy atom. The van der Waals surface area contributed by atoms with Crippen LogP contribution < -0.4 is 0 Å². The average molecular weight is 284 g/mol. The molecule has 0 aliphatic carbocycles. The van der Waals surface area contributed by atoms with Gasteiger partial charge in [0.05, 0.1) is 5.52 Å². The SMILES string of the molecule is c1ccc(-n2c3ccccc3c3oc4ccccc4c32)nc1. The number of fused-ring (bicyclic) bond motifs is 5. The summed E-state index contributed by atoms with van der Waals surface area (Å²) in [5.41, 5.74) is 4.02. The predicted octanol–water partition coefficient (Wildman–Crippen LogP) is 4.92. The first-order valence-electron chi connectivity index (χ1n) is 7.25. The second-order valence-corrected chi connectivity index (χ2v) is 5.32. The summed E-state index contributed by atoms with van der Waals surface area (Å²) in [6, 6.07) is 22.4. The number of benzene rings is 2. The fraction of sp³-hybridized carbons (Fsp3) is 0. The Labute approximate surface area is 126 Å². The van der Waals surface area contributed by atoms with E-state index >= 15 is 0 Å². The minimum Gasteiger partial charge on any atom is -0.454 e. The van der Waals surface area contributed by atoms with E-state index in [0.29, 0.717) is 0 Å². The second-order valence-electron chi connectivity index (χ2n) is 5.32. The molecule has 2 aromatic carbocycles.